The van der Waals surface area contributed by atoms with Crippen molar-refractivity contribution in [1.82, 2.24) is 4.90 Å². The van der Waals surface area contributed by atoms with Gasteiger partial charge in [-0.3, -0.25) is 14.5 Å². The number of benzene rings is 1. The molecule has 6 atom stereocenters. The van der Waals surface area contributed by atoms with Gasteiger partial charge in [-0.15, -0.1) is 0 Å². The fraction of sp³-hybridized carbons (Fsp3) is 0.654. The van der Waals surface area contributed by atoms with E-state index in [2.05, 4.69) is 11.8 Å². The molecule has 4 fully saturated rings. The Morgan fingerprint density at radius 3 is 2.67 bits per heavy atom. The molecule has 0 radical (unpaired) electrons. The minimum absolute atomic E-state index is 0.0683. The zero-order valence-corrected chi connectivity index (χ0v) is 19.8. The Bertz CT molecular complexity index is 964. The molecule has 33 heavy (non-hydrogen) atoms. The molecule has 178 valence electrons. The number of imide groups is 1. The highest BCUT2D eigenvalue weighted by Gasteiger charge is 2.60. The van der Waals surface area contributed by atoms with Crippen molar-refractivity contribution in [2.45, 2.75) is 58.1 Å². The number of carbonyl (C=O) groups excluding carboxylic acids is 3. The Hall–Kier alpha value is -2.25. The first-order valence-electron chi connectivity index (χ1n) is 12.3. The SMILES string of the molecule is CCN1C[C@]2(COC(=O)c3ccccc3N3C(=O)C[C@H](C)C3=O)CC[C@H](OC)[C@@H]3C1CCC32. The van der Waals surface area contributed by atoms with E-state index in [0.717, 1.165) is 37.3 Å². The lowest BCUT2D eigenvalue weighted by atomic mass is 9.59. The van der Waals surface area contributed by atoms with Gasteiger partial charge in [-0.25, -0.2) is 9.69 Å². The molecule has 2 aliphatic carbocycles. The van der Waals surface area contributed by atoms with Crippen LogP contribution in [0, 0.1) is 23.2 Å². The van der Waals surface area contributed by atoms with E-state index in [0.29, 0.717) is 30.2 Å². The number of amides is 2. The van der Waals surface area contributed by atoms with E-state index in [1.807, 2.05) is 7.11 Å². The number of nitrogens with zero attached hydrogens (tertiary/aromatic N) is 2. The molecule has 2 amide bonds. The molecule has 1 aromatic rings. The molecule has 0 spiro atoms. The number of piperidine rings is 1. The molecule has 5 rings (SSSR count). The lowest BCUT2D eigenvalue weighted by Gasteiger charge is -2.56. The van der Waals surface area contributed by atoms with Gasteiger partial charge in [-0.2, -0.15) is 0 Å². The molecular formula is C26H34N2O5. The predicted octanol–water partition coefficient (Wildman–Crippen LogP) is 3.27. The van der Waals surface area contributed by atoms with Gasteiger partial charge in [0, 0.05) is 43.4 Å². The van der Waals surface area contributed by atoms with Crippen molar-refractivity contribution < 1.29 is 23.9 Å². The number of likely N-dealkylation sites (tertiary alicyclic amines) is 1. The molecule has 2 unspecified atom stereocenters. The zero-order chi connectivity index (χ0) is 23.3. The fourth-order valence-electron chi connectivity index (χ4n) is 7.19. The maximum Gasteiger partial charge on any atom is 0.340 e. The van der Waals surface area contributed by atoms with Gasteiger partial charge in [0.05, 0.1) is 24.0 Å². The summed E-state index contributed by atoms with van der Waals surface area (Å²) in [5.74, 6) is -0.378. The largest absolute Gasteiger partial charge is 0.461 e. The van der Waals surface area contributed by atoms with Gasteiger partial charge in [-0.1, -0.05) is 26.0 Å². The molecular weight excluding hydrogens is 420 g/mol. The van der Waals surface area contributed by atoms with E-state index >= 15 is 0 Å². The van der Waals surface area contributed by atoms with Crippen LogP contribution in [0.4, 0.5) is 5.69 Å². The first kappa shape index (κ1) is 22.5. The van der Waals surface area contributed by atoms with Crippen LogP contribution in [-0.2, 0) is 19.1 Å². The standard InChI is InChI=1S/C26H34N2O5/c1-4-27-14-26(12-11-21(32-3)23-18(26)9-10-20(23)27)15-33-25(31)17-7-5-6-8-19(17)28-22(29)13-16(2)24(28)30/h5-8,16,18,20-21,23H,4,9-15H2,1-3H3/t16-,18?,20?,21-,23-,26-/m0/s1. The number of methoxy groups -OCH3 is 1. The van der Waals surface area contributed by atoms with Crippen LogP contribution >= 0.6 is 0 Å². The van der Waals surface area contributed by atoms with Crippen LogP contribution in [0.2, 0.25) is 0 Å². The summed E-state index contributed by atoms with van der Waals surface area (Å²) < 4.78 is 11.9. The van der Waals surface area contributed by atoms with Crippen molar-refractivity contribution in [3.63, 3.8) is 0 Å². The molecule has 2 saturated carbocycles. The Labute approximate surface area is 195 Å². The molecule has 1 aromatic carbocycles. The van der Waals surface area contributed by atoms with Gasteiger partial charge >= 0.3 is 5.97 Å². The Balaban J connectivity index is 1.38. The number of carbonyl (C=O) groups is 3. The lowest BCUT2D eigenvalue weighted by Crippen LogP contribution is -2.62. The summed E-state index contributed by atoms with van der Waals surface area (Å²) in [5, 5.41) is 0. The summed E-state index contributed by atoms with van der Waals surface area (Å²) in [7, 11) is 1.82. The second-order valence-electron chi connectivity index (χ2n) is 10.3. The highest BCUT2D eigenvalue weighted by atomic mass is 16.5. The second kappa shape index (κ2) is 8.51. The van der Waals surface area contributed by atoms with E-state index in [4.69, 9.17) is 9.47 Å². The third-order valence-electron chi connectivity index (χ3n) is 8.75. The normalized spacial score (nSPS) is 35.8. The van der Waals surface area contributed by atoms with Crippen molar-refractivity contribution >= 4 is 23.5 Å². The topological polar surface area (TPSA) is 76.2 Å². The summed E-state index contributed by atoms with van der Waals surface area (Å²) in [6.07, 6.45) is 4.74. The number of hydrogen-bond acceptors (Lipinski definition) is 6. The minimum Gasteiger partial charge on any atom is -0.461 e. The van der Waals surface area contributed by atoms with Crippen LogP contribution in [-0.4, -0.2) is 61.6 Å². The molecule has 0 aromatic heterocycles. The first-order chi connectivity index (χ1) is 15.9. The fourth-order valence-corrected chi connectivity index (χ4v) is 7.19. The summed E-state index contributed by atoms with van der Waals surface area (Å²) in [5.41, 5.74) is 0.542. The maximum absolute atomic E-state index is 13.3. The maximum atomic E-state index is 13.3. The monoisotopic (exact) mass is 454 g/mol. The van der Waals surface area contributed by atoms with Crippen molar-refractivity contribution in [2.75, 3.05) is 31.7 Å². The van der Waals surface area contributed by atoms with Gasteiger partial charge in [-0.05, 0) is 50.3 Å². The predicted molar refractivity (Wildman–Crippen MR) is 123 cm³/mol. The quantitative estimate of drug-likeness (QED) is 0.485. The number of rotatable bonds is 6. The first-order valence-corrected chi connectivity index (χ1v) is 12.3. The minimum atomic E-state index is -0.464. The summed E-state index contributed by atoms with van der Waals surface area (Å²) >= 11 is 0. The van der Waals surface area contributed by atoms with Crippen molar-refractivity contribution in [3.05, 3.63) is 29.8 Å². The summed E-state index contributed by atoms with van der Waals surface area (Å²) in [6.45, 7) is 6.24. The van der Waals surface area contributed by atoms with E-state index in [1.54, 1.807) is 31.2 Å². The van der Waals surface area contributed by atoms with E-state index in [1.165, 1.54) is 6.42 Å². The van der Waals surface area contributed by atoms with Crippen LogP contribution < -0.4 is 4.90 Å². The number of hydrogen-bond donors (Lipinski definition) is 0. The van der Waals surface area contributed by atoms with Gasteiger partial charge in [0.1, 0.15) is 0 Å². The zero-order valence-electron chi connectivity index (χ0n) is 19.8. The summed E-state index contributed by atoms with van der Waals surface area (Å²) in [6, 6.07) is 7.35. The molecule has 4 bridgehead atoms. The molecule has 2 saturated heterocycles. The molecule has 2 aliphatic heterocycles. The Kier molecular flexibility index (Phi) is 5.81. The van der Waals surface area contributed by atoms with Gasteiger partial charge in [0.25, 0.3) is 0 Å². The van der Waals surface area contributed by atoms with Crippen LogP contribution in [0.15, 0.2) is 24.3 Å². The summed E-state index contributed by atoms with van der Waals surface area (Å²) in [4.78, 5) is 42.1. The third-order valence-corrected chi connectivity index (χ3v) is 8.75. The third kappa shape index (κ3) is 3.51. The Morgan fingerprint density at radius 2 is 1.97 bits per heavy atom. The smallest absolute Gasteiger partial charge is 0.340 e. The van der Waals surface area contributed by atoms with E-state index < -0.39 is 5.97 Å². The molecule has 2 heterocycles. The number of para-hydroxylation sites is 1. The molecule has 7 heteroatoms. The molecule has 0 N–H and O–H groups in total. The van der Waals surface area contributed by atoms with E-state index in [9.17, 15) is 14.4 Å². The molecule has 4 aliphatic rings. The lowest BCUT2D eigenvalue weighted by molar-refractivity contribution is -0.140. The average molecular weight is 455 g/mol. The van der Waals surface area contributed by atoms with Gasteiger partial charge in [0.2, 0.25) is 11.8 Å². The molecule has 7 nitrogen and oxygen atoms in total. The van der Waals surface area contributed by atoms with Gasteiger partial charge in [0.15, 0.2) is 0 Å². The van der Waals surface area contributed by atoms with Crippen LogP contribution in [0.25, 0.3) is 0 Å². The number of ether oxygens (including phenoxy) is 2. The highest BCUT2D eigenvalue weighted by molar-refractivity contribution is 6.22. The van der Waals surface area contributed by atoms with Crippen LogP contribution in [0.3, 0.4) is 0 Å². The number of anilines is 1. The van der Waals surface area contributed by atoms with Crippen LogP contribution in [0.5, 0.6) is 0 Å². The van der Waals surface area contributed by atoms with Crippen molar-refractivity contribution in [2.24, 2.45) is 23.2 Å². The van der Waals surface area contributed by atoms with E-state index in [-0.39, 0.29) is 41.2 Å². The number of esters is 1. The highest BCUT2D eigenvalue weighted by Crippen LogP contribution is 2.58. The van der Waals surface area contributed by atoms with Crippen LogP contribution in [0.1, 0.15) is 56.3 Å². The van der Waals surface area contributed by atoms with Gasteiger partial charge < -0.3 is 9.47 Å². The Morgan fingerprint density at radius 1 is 1.18 bits per heavy atom. The van der Waals surface area contributed by atoms with Crippen molar-refractivity contribution in [3.8, 4) is 0 Å². The second-order valence-corrected chi connectivity index (χ2v) is 10.3. The average Bonchev–Trinajstić information content (AvgIpc) is 3.31. The van der Waals surface area contributed by atoms with Crippen molar-refractivity contribution in [1.29, 1.82) is 0 Å².